The highest BCUT2D eigenvalue weighted by Crippen LogP contribution is 1.98. The van der Waals surface area contributed by atoms with Crippen LogP contribution < -0.4 is 11.1 Å². The molecule has 0 bridgehead atoms. The first-order valence-corrected chi connectivity index (χ1v) is 5.01. The van der Waals surface area contributed by atoms with Crippen molar-refractivity contribution in [2.75, 3.05) is 5.73 Å². The molecule has 3 N–H and O–H groups in total. The van der Waals surface area contributed by atoms with Crippen molar-refractivity contribution >= 4 is 11.7 Å². The second-order valence-electron chi connectivity index (χ2n) is 3.33. The second-order valence-corrected chi connectivity index (χ2v) is 3.33. The molecule has 0 aliphatic carbocycles. The minimum absolute atomic E-state index is 0.195. The molecule has 17 heavy (non-hydrogen) atoms. The normalized spacial score (nSPS) is 9.88. The highest BCUT2D eigenvalue weighted by Gasteiger charge is 2.07. The van der Waals surface area contributed by atoms with Gasteiger partial charge in [0.05, 0.1) is 24.6 Å². The van der Waals surface area contributed by atoms with Crippen LogP contribution in [0.25, 0.3) is 0 Å². The Hall–Kier alpha value is -2.50. The molecule has 2 aromatic heterocycles. The number of pyridine rings is 1. The molecule has 0 aliphatic rings. The average Bonchev–Trinajstić information content (AvgIpc) is 2.37. The van der Waals surface area contributed by atoms with Gasteiger partial charge in [0, 0.05) is 6.20 Å². The van der Waals surface area contributed by atoms with Crippen LogP contribution in [0.3, 0.4) is 0 Å². The third-order valence-electron chi connectivity index (χ3n) is 2.04. The van der Waals surface area contributed by atoms with Gasteiger partial charge >= 0.3 is 0 Å². The topological polar surface area (TPSA) is 93.8 Å². The lowest BCUT2D eigenvalue weighted by Crippen LogP contribution is -2.24. The fourth-order valence-corrected chi connectivity index (χ4v) is 1.25. The lowest BCUT2D eigenvalue weighted by atomic mass is 10.3. The zero-order valence-corrected chi connectivity index (χ0v) is 9.00. The van der Waals surface area contributed by atoms with Crippen molar-refractivity contribution in [3.05, 3.63) is 48.2 Å². The quantitative estimate of drug-likeness (QED) is 0.793. The summed E-state index contributed by atoms with van der Waals surface area (Å²) < 4.78 is 0. The molecule has 0 fully saturated rings. The minimum atomic E-state index is -0.324. The molecule has 2 heterocycles. The number of nitrogens with one attached hydrogen (secondary N) is 1. The molecule has 0 spiro atoms. The van der Waals surface area contributed by atoms with Crippen LogP contribution in [-0.4, -0.2) is 20.9 Å². The Morgan fingerprint density at radius 2 is 2.24 bits per heavy atom. The van der Waals surface area contributed by atoms with Crippen molar-refractivity contribution < 1.29 is 4.79 Å². The summed E-state index contributed by atoms with van der Waals surface area (Å²) in [5.74, 6) is -0.106. The molecule has 6 heteroatoms. The van der Waals surface area contributed by atoms with Gasteiger partial charge in [-0.1, -0.05) is 6.07 Å². The van der Waals surface area contributed by atoms with Crippen LogP contribution in [0.5, 0.6) is 0 Å². The summed E-state index contributed by atoms with van der Waals surface area (Å²) >= 11 is 0. The molecule has 0 aromatic carbocycles. The van der Waals surface area contributed by atoms with Gasteiger partial charge in [-0.15, -0.1) is 0 Å². The molecule has 6 nitrogen and oxygen atoms in total. The number of carbonyl (C=O) groups is 1. The van der Waals surface area contributed by atoms with Gasteiger partial charge in [0.1, 0.15) is 11.5 Å². The van der Waals surface area contributed by atoms with E-state index in [4.69, 9.17) is 5.73 Å². The SMILES string of the molecule is Nc1cncc(C(=O)NCc2ccccn2)n1. The molecule has 0 atom stereocenters. The Morgan fingerprint density at radius 1 is 1.35 bits per heavy atom. The Balaban J connectivity index is 1.98. The van der Waals surface area contributed by atoms with Gasteiger partial charge in [-0.25, -0.2) is 4.98 Å². The predicted molar refractivity (Wildman–Crippen MR) is 61.9 cm³/mol. The maximum absolute atomic E-state index is 11.7. The van der Waals surface area contributed by atoms with Crippen LogP contribution in [0.1, 0.15) is 16.2 Å². The van der Waals surface area contributed by atoms with Crippen LogP contribution in [0, 0.1) is 0 Å². The fraction of sp³-hybridized carbons (Fsp3) is 0.0909. The highest BCUT2D eigenvalue weighted by molar-refractivity contribution is 5.92. The van der Waals surface area contributed by atoms with Crippen LogP contribution in [-0.2, 0) is 6.54 Å². The molecular weight excluding hydrogens is 218 g/mol. The first-order valence-electron chi connectivity index (χ1n) is 5.01. The Morgan fingerprint density at radius 3 is 2.94 bits per heavy atom. The lowest BCUT2D eigenvalue weighted by molar-refractivity contribution is 0.0945. The Labute approximate surface area is 97.9 Å². The predicted octanol–water partition coefficient (Wildman–Crippen LogP) is 0.384. The summed E-state index contributed by atoms with van der Waals surface area (Å²) in [6.07, 6.45) is 4.42. The van der Waals surface area contributed by atoms with E-state index in [1.54, 1.807) is 6.20 Å². The van der Waals surface area contributed by atoms with Gasteiger partial charge in [0.25, 0.3) is 5.91 Å². The molecule has 0 saturated carbocycles. The molecule has 0 unspecified atom stereocenters. The molecule has 2 rings (SSSR count). The number of anilines is 1. The number of amides is 1. The summed E-state index contributed by atoms with van der Waals surface area (Å²) in [6.45, 7) is 0.343. The number of hydrogen-bond acceptors (Lipinski definition) is 5. The van der Waals surface area contributed by atoms with Crippen molar-refractivity contribution in [1.29, 1.82) is 0 Å². The van der Waals surface area contributed by atoms with Gasteiger partial charge in [-0.2, -0.15) is 0 Å². The number of rotatable bonds is 3. The van der Waals surface area contributed by atoms with E-state index in [1.165, 1.54) is 12.4 Å². The van der Waals surface area contributed by atoms with Gasteiger partial charge in [0.2, 0.25) is 0 Å². The summed E-state index contributed by atoms with van der Waals surface area (Å²) in [7, 11) is 0. The van der Waals surface area contributed by atoms with Crippen LogP contribution in [0.4, 0.5) is 5.82 Å². The number of nitrogen functional groups attached to an aromatic ring is 1. The standard InChI is InChI=1S/C11H11N5O/c12-10-7-13-6-9(16-10)11(17)15-5-8-3-1-2-4-14-8/h1-4,6-7H,5H2,(H2,12,16)(H,15,17). The third-order valence-corrected chi connectivity index (χ3v) is 2.04. The van der Waals surface area contributed by atoms with E-state index in [9.17, 15) is 4.79 Å². The van der Waals surface area contributed by atoms with E-state index in [1.807, 2.05) is 18.2 Å². The van der Waals surface area contributed by atoms with E-state index in [2.05, 4.69) is 20.3 Å². The highest BCUT2D eigenvalue weighted by atomic mass is 16.1. The zero-order chi connectivity index (χ0) is 12.1. The molecular formula is C11H11N5O. The summed E-state index contributed by atoms with van der Waals surface area (Å²) in [4.78, 5) is 23.4. The average molecular weight is 229 g/mol. The zero-order valence-electron chi connectivity index (χ0n) is 9.00. The number of carbonyl (C=O) groups excluding carboxylic acids is 1. The lowest BCUT2D eigenvalue weighted by Gasteiger charge is -2.03. The maximum Gasteiger partial charge on any atom is 0.271 e. The Kier molecular flexibility index (Phi) is 3.25. The third kappa shape index (κ3) is 2.97. The largest absolute Gasteiger partial charge is 0.382 e. The van der Waals surface area contributed by atoms with E-state index in [0.29, 0.717) is 6.54 Å². The monoisotopic (exact) mass is 229 g/mol. The van der Waals surface area contributed by atoms with Crippen LogP contribution in [0.15, 0.2) is 36.8 Å². The van der Waals surface area contributed by atoms with Crippen LogP contribution in [0.2, 0.25) is 0 Å². The van der Waals surface area contributed by atoms with Gasteiger partial charge in [0.15, 0.2) is 0 Å². The molecule has 0 aliphatic heterocycles. The summed E-state index contributed by atoms with van der Waals surface area (Å²) in [5.41, 5.74) is 6.41. The van der Waals surface area contributed by atoms with E-state index >= 15 is 0 Å². The molecule has 2 aromatic rings. The van der Waals surface area contributed by atoms with E-state index in [0.717, 1.165) is 5.69 Å². The first-order chi connectivity index (χ1) is 8.25. The number of nitrogens with zero attached hydrogens (tertiary/aromatic N) is 3. The van der Waals surface area contributed by atoms with Crippen molar-refractivity contribution in [3.63, 3.8) is 0 Å². The smallest absolute Gasteiger partial charge is 0.271 e. The number of aromatic nitrogens is 3. The Bertz CT molecular complexity index is 514. The van der Waals surface area contributed by atoms with Gasteiger partial charge < -0.3 is 11.1 Å². The number of hydrogen-bond donors (Lipinski definition) is 2. The number of nitrogens with two attached hydrogens (primary N) is 1. The van der Waals surface area contributed by atoms with Crippen molar-refractivity contribution in [2.45, 2.75) is 6.54 Å². The molecule has 0 saturated heterocycles. The summed E-state index contributed by atoms with van der Waals surface area (Å²) in [5, 5.41) is 2.68. The van der Waals surface area contributed by atoms with Gasteiger partial charge in [-0.3, -0.25) is 14.8 Å². The van der Waals surface area contributed by atoms with Crippen molar-refractivity contribution in [1.82, 2.24) is 20.3 Å². The second kappa shape index (κ2) is 5.02. The minimum Gasteiger partial charge on any atom is -0.382 e. The first kappa shape index (κ1) is 11.0. The van der Waals surface area contributed by atoms with E-state index < -0.39 is 0 Å². The van der Waals surface area contributed by atoms with Crippen LogP contribution >= 0.6 is 0 Å². The molecule has 0 radical (unpaired) electrons. The van der Waals surface area contributed by atoms with Crippen molar-refractivity contribution in [2.24, 2.45) is 0 Å². The maximum atomic E-state index is 11.7. The fourth-order valence-electron chi connectivity index (χ4n) is 1.25. The van der Waals surface area contributed by atoms with E-state index in [-0.39, 0.29) is 17.4 Å². The summed E-state index contributed by atoms with van der Waals surface area (Å²) in [6, 6.07) is 5.49. The molecule has 1 amide bonds. The van der Waals surface area contributed by atoms with Crippen molar-refractivity contribution in [3.8, 4) is 0 Å². The molecule has 86 valence electrons. The van der Waals surface area contributed by atoms with Gasteiger partial charge in [-0.05, 0) is 12.1 Å².